The summed E-state index contributed by atoms with van der Waals surface area (Å²) < 4.78 is 13.7. The summed E-state index contributed by atoms with van der Waals surface area (Å²) in [7, 11) is 1.59. The molecular weight excluding hydrogens is 347 g/mol. The molecule has 1 heterocycles. The summed E-state index contributed by atoms with van der Waals surface area (Å²) in [6, 6.07) is 5.70. The van der Waals surface area contributed by atoms with Gasteiger partial charge in [0.15, 0.2) is 0 Å². The van der Waals surface area contributed by atoms with Crippen molar-refractivity contribution >= 4 is 29.5 Å². The average molecular weight is 368 g/mol. The number of carbonyl (C=O) groups is 3. The van der Waals surface area contributed by atoms with Gasteiger partial charge in [-0.2, -0.15) is 0 Å². The smallest absolute Gasteiger partial charge is 0.303 e. The quantitative estimate of drug-likeness (QED) is 0.757. The van der Waals surface area contributed by atoms with Gasteiger partial charge < -0.3 is 15.3 Å². The highest BCUT2D eigenvalue weighted by molar-refractivity contribution is 8.00. The topological polar surface area (TPSA) is 86.7 Å². The lowest BCUT2D eigenvalue weighted by Gasteiger charge is -2.30. The van der Waals surface area contributed by atoms with Gasteiger partial charge in [0.1, 0.15) is 11.9 Å². The van der Waals surface area contributed by atoms with Crippen LogP contribution in [0, 0.1) is 5.82 Å². The van der Waals surface area contributed by atoms with Gasteiger partial charge in [0.2, 0.25) is 11.8 Å². The van der Waals surface area contributed by atoms with Gasteiger partial charge in [0, 0.05) is 25.8 Å². The molecule has 0 saturated carbocycles. The Morgan fingerprint density at radius 3 is 2.76 bits per heavy atom. The Morgan fingerprint density at radius 2 is 2.12 bits per heavy atom. The number of amides is 2. The zero-order valence-electron chi connectivity index (χ0n) is 13.9. The number of benzene rings is 1. The van der Waals surface area contributed by atoms with E-state index in [1.807, 2.05) is 0 Å². The minimum absolute atomic E-state index is 0.00584. The van der Waals surface area contributed by atoms with Crippen LogP contribution in [0.5, 0.6) is 0 Å². The van der Waals surface area contributed by atoms with Crippen molar-refractivity contribution in [2.75, 3.05) is 19.3 Å². The molecule has 0 radical (unpaired) electrons. The van der Waals surface area contributed by atoms with E-state index in [1.165, 1.54) is 22.7 Å². The van der Waals surface area contributed by atoms with E-state index in [0.29, 0.717) is 24.3 Å². The van der Waals surface area contributed by atoms with Crippen molar-refractivity contribution in [3.05, 3.63) is 35.6 Å². The maximum atomic E-state index is 13.7. The molecule has 1 fully saturated rings. The highest BCUT2D eigenvalue weighted by Gasteiger charge is 2.33. The summed E-state index contributed by atoms with van der Waals surface area (Å²) in [6.07, 6.45) is 0.633. The zero-order chi connectivity index (χ0) is 18.4. The van der Waals surface area contributed by atoms with Crippen molar-refractivity contribution < 1.29 is 23.9 Å². The van der Waals surface area contributed by atoms with E-state index < -0.39 is 17.3 Å². The maximum Gasteiger partial charge on any atom is 0.303 e. The van der Waals surface area contributed by atoms with Crippen molar-refractivity contribution in [2.24, 2.45) is 0 Å². The fourth-order valence-electron chi connectivity index (χ4n) is 2.59. The van der Waals surface area contributed by atoms with E-state index in [-0.39, 0.29) is 30.5 Å². The van der Waals surface area contributed by atoms with E-state index >= 15 is 0 Å². The first-order chi connectivity index (χ1) is 11.9. The standard InChI is InChI=1S/C17H21FN2O4S/c1-20(8-4-7-15(21)22)17(24)13-10-25-14(16(23)19-13)9-11-5-2-3-6-12(11)18/h2-3,5-6,13-14H,4,7-10H2,1H3,(H,19,23)(H,21,22). The Morgan fingerprint density at radius 1 is 1.40 bits per heavy atom. The molecule has 2 unspecified atom stereocenters. The summed E-state index contributed by atoms with van der Waals surface area (Å²) in [6.45, 7) is 0.320. The Balaban J connectivity index is 1.86. The predicted molar refractivity (Wildman–Crippen MR) is 92.8 cm³/mol. The van der Waals surface area contributed by atoms with Crippen LogP contribution in [0.15, 0.2) is 24.3 Å². The summed E-state index contributed by atoms with van der Waals surface area (Å²) in [5.41, 5.74) is 0.478. The van der Waals surface area contributed by atoms with Crippen molar-refractivity contribution in [3.8, 4) is 0 Å². The van der Waals surface area contributed by atoms with Crippen LogP contribution in [0.4, 0.5) is 4.39 Å². The number of thioether (sulfide) groups is 1. The van der Waals surface area contributed by atoms with E-state index in [2.05, 4.69) is 5.32 Å². The molecule has 2 rings (SSSR count). The lowest BCUT2D eigenvalue weighted by molar-refractivity contribution is -0.138. The Bertz CT molecular complexity index is 655. The van der Waals surface area contributed by atoms with E-state index in [9.17, 15) is 18.8 Å². The van der Waals surface area contributed by atoms with Crippen LogP contribution in [0.1, 0.15) is 18.4 Å². The van der Waals surface area contributed by atoms with Gasteiger partial charge in [-0.1, -0.05) is 18.2 Å². The van der Waals surface area contributed by atoms with Gasteiger partial charge in [0.25, 0.3) is 0 Å². The fourth-order valence-corrected chi connectivity index (χ4v) is 3.75. The molecule has 1 aromatic rings. The minimum Gasteiger partial charge on any atom is -0.481 e. The van der Waals surface area contributed by atoms with Crippen molar-refractivity contribution in [1.82, 2.24) is 10.2 Å². The number of carboxylic acids is 1. The molecule has 1 saturated heterocycles. The highest BCUT2D eigenvalue weighted by atomic mass is 32.2. The maximum absolute atomic E-state index is 13.7. The van der Waals surface area contributed by atoms with Crippen molar-refractivity contribution in [3.63, 3.8) is 0 Å². The molecule has 1 aliphatic rings. The molecule has 136 valence electrons. The van der Waals surface area contributed by atoms with Crippen LogP contribution < -0.4 is 5.32 Å². The van der Waals surface area contributed by atoms with Crippen LogP contribution in [0.3, 0.4) is 0 Å². The first-order valence-electron chi connectivity index (χ1n) is 8.00. The third-order valence-electron chi connectivity index (χ3n) is 3.99. The predicted octanol–water partition coefficient (Wildman–Crippen LogP) is 1.29. The minimum atomic E-state index is -0.904. The number of carboxylic acid groups (broad SMARTS) is 1. The first kappa shape index (κ1) is 19.2. The van der Waals surface area contributed by atoms with Gasteiger partial charge in [-0.05, 0) is 24.5 Å². The van der Waals surface area contributed by atoms with Crippen LogP contribution in [0.2, 0.25) is 0 Å². The molecular formula is C17H21FN2O4S. The number of halogens is 1. The second-order valence-corrected chi connectivity index (χ2v) is 7.17. The molecule has 8 heteroatoms. The highest BCUT2D eigenvalue weighted by Crippen LogP contribution is 2.23. The Kier molecular flexibility index (Phi) is 6.81. The third-order valence-corrected chi connectivity index (χ3v) is 5.30. The molecule has 6 nitrogen and oxygen atoms in total. The van der Waals surface area contributed by atoms with Crippen LogP contribution in [0.25, 0.3) is 0 Å². The summed E-state index contributed by atoms with van der Waals surface area (Å²) in [5, 5.41) is 10.9. The zero-order valence-corrected chi connectivity index (χ0v) is 14.7. The van der Waals surface area contributed by atoms with E-state index in [4.69, 9.17) is 5.11 Å². The van der Waals surface area contributed by atoms with Gasteiger partial charge in [-0.15, -0.1) is 11.8 Å². The van der Waals surface area contributed by atoms with E-state index in [1.54, 1.807) is 25.2 Å². The lowest BCUT2D eigenvalue weighted by Crippen LogP contribution is -2.54. The van der Waals surface area contributed by atoms with Crippen LogP contribution in [-0.4, -0.2) is 58.4 Å². The van der Waals surface area contributed by atoms with Crippen LogP contribution in [-0.2, 0) is 20.8 Å². The molecule has 1 aliphatic heterocycles. The SMILES string of the molecule is CN(CCCC(=O)O)C(=O)C1CSC(Cc2ccccc2F)C(=O)N1. The summed E-state index contributed by atoms with van der Waals surface area (Å²) in [4.78, 5) is 36.5. The van der Waals surface area contributed by atoms with E-state index in [0.717, 1.165) is 0 Å². The monoisotopic (exact) mass is 368 g/mol. The number of likely N-dealkylation sites (N-methyl/N-ethyl adjacent to an activating group) is 1. The van der Waals surface area contributed by atoms with Gasteiger partial charge >= 0.3 is 5.97 Å². The first-order valence-corrected chi connectivity index (χ1v) is 9.05. The number of hydrogen-bond donors (Lipinski definition) is 2. The number of aliphatic carboxylic acids is 1. The molecule has 2 atom stereocenters. The summed E-state index contributed by atoms with van der Waals surface area (Å²) >= 11 is 1.34. The molecule has 0 bridgehead atoms. The lowest BCUT2D eigenvalue weighted by atomic mass is 10.1. The van der Waals surface area contributed by atoms with Gasteiger partial charge in [-0.3, -0.25) is 14.4 Å². The number of nitrogens with zero attached hydrogens (tertiary/aromatic N) is 1. The Labute approximate surface area is 149 Å². The largest absolute Gasteiger partial charge is 0.481 e. The molecule has 0 spiro atoms. The third kappa shape index (κ3) is 5.45. The van der Waals surface area contributed by atoms with Gasteiger partial charge in [-0.25, -0.2) is 4.39 Å². The second kappa shape index (κ2) is 8.84. The number of carbonyl (C=O) groups excluding carboxylic acids is 2. The van der Waals surface area contributed by atoms with Crippen molar-refractivity contribution in [2.45, 2.75) is 30.6 Å². The van der Waals surface area contributed by atoms with Crippen molar-refractivity contribution in [1.29, 1.82) is 0 Å². The van der Waals surface area contributed by atoms with Crippen LogP contribution >= 0.6 is 11.8 Å². The Hall–Kier alpha value is -2.09. The van der Waals surface area contributed by atoms with Gasteiger partial charge in [0.05, 0.1) is 5.25 Å². The second-order valence-electron chi connectivity index (χ2n) is 5.94. The summed E-state index contributed by atoms with van der Waals surface area (Å²) in [5.74, 6) is -1.36. The molecule has 2 N–H and O–H groups in total. The molecule has 25 heavy (non-hydrogen) atoms. The molecule has 1 aromatic carbocycles. The normalized spacial score (nSPS) is 20.0. The molecule has 0 aliphatic carbocycles. The molecule has 2 amide bonds. The molecule has 0 aromatic heterocycles. The number of nitrogens with one attached hydrogen (secondary N) is 1. The number of hydrogen-bond acceptors (Lipinski definition) is 4. The average Bonchev–Trinajstić information content (AvgIpc) is 2.57. The number of rotatable bonds is 7. The fraction of sp³-hybridized carbons (Fsp3) is 0.471.